The van der Waals surface area contributed by atoms with Crippen LogP contribution in [0.15, 0.2) is 46.9 Å². The SMILES string of the molecule is CCOC(=O)c1ccccc1NC(=O)NCCc1ccc(OC)c(Br)c1. The topological polar surface area (TPSA) is 76.7 Å². The molecule has 2 N–H and O–H groups in total. The summed E-state index contributed by atoms with van der Waals surface area (Å²) in [6.45, 7) is 2.46. The minimum absolute atomic E-state index is 0.275. The van der Waals surface area contributed by atoms with E-state index in [0.29, 0.717) is 24.2 Å². The average Bonchev–Trinajstić information content (AvgIpc) is 2.62. The van der Waals surface area contributed by atoms with Gasteiger partial charge in [-0.3, -0.25) is 0 Å². The van der Waals surface area contributed by atoms with Gasteiger partial charge in [-0.05, 0) is 59.1 Å². The molecule has 0 radical (unpaired) electrons. The van der Waals surface area contributed by atoms with Crippen molar-refractivity contribution in [3.05, 3.63) is 58.1 Å². The molecule has 2 rings (SSSR count). The minimum Gasteiger partial charge on any atom is -0.496 e. The number of amides is 2. The van der Waals surface area contributed by atoms with Gasteiger partial charge in [0, 0.05) is 6.54 Å². The molecule has 26 heavy (non-hydrogen) atoms. The van der Waals surface area contributed by atoms with Crippen LogP contribution in [0.1, 0.15) is 22.8 Å². The molecule has 2 amide bonds. The molecule has 0 atom stereocenters. The van der Waals surface area contributed by atoms with E-state index >= 15 is 0 Å². The summed E-state index contributed by atoms with van der Waals surface area (Å²) >= 11 is 3.44. The van der Waals surface area contributed by atoms with Crippen molar-refractivity contribution in [2.75, 3.05) is 25.6 Å². The number of carbonyl (C=O) groups excluding carboxylic acids is 2. The molecule has 7 heteroatoms. The smallest absolute Gasteiger partial charge is 0.340 e. The van der Waals surface area contributed by atoms with Crippen LogP contribution >= 0.6 is 15.9 Å². The Hall–Kier alpha value is -2.54. The number of halogens is 1. The van der Waals surface area contributed by atoms with E-state index in [1.165, 1.54) is 0 Å². The molecule has 0 spiro atoms. The molecule has 0 unspecified atom stereocenters. The summed E-state index contributed by atoms with van der Waals surface area (Å²) in [5.74, 6) is 0.293. The zero-order valence-corrected chi connectivity index (χ0v) is 16.3. The summed E-state index contributed by atoms with van der Waals surface area (Å²) in [6, 6.07) is 12.1. The lowest BCUT2D eigenvalue weighted by molar-refractivity contribution is 0.0527. The molecule has 2 aromatic carbocycles. The highest BCUT2D eigenvalue weighted by molar-refractivity contribution is 9.10. The standard InChI is InChI=1S/C19H21BrN2O4/c1-3-26-18(23)14-6-4-5-7-16(14)22-19(24)21-11-10-13-8-9-17(25-2)15(20)12-13/h4-9,12H,3,10-11H2,1-2H3,(H2,21,22,24). The van der Waals surface area contributed by atoms with Gasteiger partial charge in [0.25, 0.3) is 0 Å². The van der Waals surface area contributed by atoms with Gasteiger partial charge in [-0.15, -0.1) is 0 Å². The van der Waals surface area contributed by atoms with Crippen molar-refractivity contribution in [2.45, 2.75) is 13.3 Å². The van der Waals surface area contributed by atoms with Crippen LogP contribution < -0.4 is 15.4 Å². The van der Waals surface area contributed by atoms with E-state index in [2.05, 4.69) is 26.6 Å². The van der Waals surface area contributed by atoms with Crippen molar-refractivity contribution in [1.29, 1.82) is 0 Å². The normalized spacial score (nSPS) is 10.1. The zero-order valence-electron chi connectivity index (χ0n) is 14.7. The number of urea groups is 1. The Morgan fingerprint density at radius 3 is 2.62 bits per heavy atom. The lowest BCUT2D eigenvalue weighted by Gasteiger charge is -2.11. The number of ether oxygens (including phenoxy) is 2. The zero-order chi connectivity index (χ0) is 18.9. The number of rotatable bonds is 7. The van der Waals surface area contributed by atoms with Crippen molar-refractivity contribution in [3.8, 4) is 5.75 Å². The molecule has 6 nitrogen and oxygen atoms in total. The lowest BCUT2D eigenvalue weighted by atomic mass is 10.1. The van der Waals surface area contributed by atoms with Gasteiger partial charge in [-0.2, -0.15) is 0 Å². The summed E-state index contributed by atoms with van der Waals surface area (Å²) < 4.78 is 11.1. The fourth-order valence-electron chi connectivity index (χ4n) is 2.33. The van der Waals surface area contributed by atoms with Crippen LogP contribution in [0.4, 0.5) is 10.5 Å². The Morgan fingerprint density at radius 1 is 1.15 bits per heavy atom. The van der Waals surface area contributed by atoms with Crippen LogP contribution in [0, 0.1) is 0 Å². The van der Waals surface area contributed by atoms with Crippen LogP contribution in [-0.4, -0.2) is 32.3 Å². The maximum absolute atomic E-state index is 12.1. The fourth-order valence-corrected chi connectivity index (χ4v) is 2.92. The number of methoxy groups -OCH3 is 1. The third kappa shape index (κ3) is 5.49. The lowest BCUT2D eigenvalue weighted by Crippen LogP contribution is -2.31. The molecule has 0 saturated heterocycles. The highest BCUT2D eigenvalue weighted by Gasteiger charge is 2.13. The number of para-hydroxylation sites is 1. The Labute approximate surface area is 161 Å². The number of nitrogens with one attached hydrogen (secondary N) is 2. The summed E-state index contributed by atoms with van der Waals surface area (Å²) in [4.78, 5) is 24.0. The molecule has 0 saturated carbocycles. The fraction of sp³-hybridized carbons (Fsp3) is 0.263. The largest absolute Gasteiger partial charge is 0.496 e. The van der Waals surface area contributed by atoms with E-state index in [0.717, 1.165) is 15.8 Å². The van der Waals surface area contributed by atoms with E-state index in [1.807, 2.05) is 18.2 Å². The second-order valence-electron chi connectivity index (χ2n) is 5.37. The summed E-state index contributed by atoms with van der Waals surface area (Å²) in [5, 5.41) is 5.46. The second-order valence-corrected chi connectivity index (χ2v) is 6.22. The Morgan fingerprint density at radius 2 is 1.92 bits per heavy atom. The molecule has 0 aromatic heterocycles. The van der Waals surface area contributed by atoms with Gasteiger partial charge in [0.2, 0.25) is 0 Å². The maximum atomic E-state index is 12.1. The third-order valence-electron chi connectivity index (χ3n) is 3.59. The number of esters is 1. The second kappa shape index (κ2) is 9.82. The first-order chi connectivity index (χ1) is 12.5. The number of carbonyl (C=O) groups is 2. The predicted molar refractivity (Wildman–Crippen MR) is 104 cm³/mol. The molecule has 0 aliphatic heterocycles. The summed E-state index contributed by atoms with van der Waals surface area (Å²) in [5.41, 5.74) is 1.80. The van der Waals surface area contributed by atoms with Gasteiger partial charge < -0.3 is 20.1 Å². The Kier molecular flexibility index (Phi) is 7.47. The molecule has 0 heterocycles. The van der Waals surface area contributed by atoms with Crippen LogP contribution in [-0.2, 0) is 11.2 Å². The van der Waals surface area contributed by atoms with E-state index in [-0.39, 0.29) is 12.6 Å². The first-order valence-corrected chi connectivity index (χ1v) is 8.97. The maximum Gasteiger partial charge on any atom is 0.340 e. The highest BCUT2D eigenvalue weighted by atomic mass is 79.9. The van der Waals surface area contributed by atoms with Crippen LogP contribution in [0.2, 0.25) is 0 Å². The number of anilines is 1. The summed E-state index contributed by atoms with van der Waals surface area (Å²) in [6.07, 6.45) is 0.662. The molecule has 0 fully saturated rings. The molecule has 0 bridgehead atoms. The molecular formula is C19H21BrN2O4. The molecule has 0 aliphatic carbocycles. The third-order valence-corrected chi connectivity index (χ3v) is 4.21. The van der Waals surface area contributed by atoms with E-state index in [4.69, 9.17) is 9.47 Å². The van der Waals surface area contributed by atoms with Crippen molar-refractivity contribution >= 4 is 33.6 Å². The van der Waals surface area contributed by atoms with Gasteiger partial charge >= 0.3 is 12.0 Å². The predicted octanol–water partition coefficient (Wildman–Crippen LogP) is 4.00. The average molecular weight is 421 g/mol. The van der Waals surface area contributed by atoms with Crippen molar-refractivity contribution < 1.29 is 19.1 Å². The monoisotopic (exact) mass is 420 g/mol. The van der Waals surface area contributed by atoms with Crippen molar-refractivity contribution in [2.24, 2.45) is 0 Å². The van der Waals surface area contributed by atoms with Crippen LogP contribution in [0.3, 0.4) is 0 Å². The quantitative estimate of drug-likeness (QED) is 0.663. The van der Waals surface area contributed by atoms with E-state index in [9.17, 15) is 9.59 Å². The molecule has 138 valence electrons. The van der Waals surface area contributed by atoms with Crippen molar-refractivity contribution in [1.82, 2.24) is 5.32 Å². The van der Waals surface area contributed by atoms with Gasteiger partial charge in [-0.25, -0.2) is 9.59 Å². The Bertz CT molecular complexity index is 780. The number of benzene rings is 2. The van der Waals surface area contributed by atoms with E-state index < -0.39 is 5.97 Å². The minimum atomic E-state index is -0.466. The van der Waals surface area contributed by atoms with Gasteiger partial charge in [-0.1, -0.05) is 18.2 Å². The van der Waals surface area contributed by atoms with Gasteiger partial charge in [0.15, 0.2) is 0 Å². The van der Waals surface area contributed by atoms with Crippen LogP contribution in [0.25, 0.3) is 0 Å². The van der Waals surface area contributed by atoms with Gasteiger partial charge in [0.05, 0.1) is 29.4 Å². The highest BCUT2D eigenvalue weighted by Crippen LogP contribution is 2.25. The Balaban J connectivity index is 1.90. The number of hydrogen-bond donors (Lipinski definition) is 2. The molecule has 0 aliphatic rings. The first-order valence-electron chi connectivity index (χ1n) is 8.18. The molecular weight excluding hydrogens is 400 g/mol. The van der Waals surface area contributed by atoms with Crippen molar-refractivity contribution in [3.63, 3.8) is 0 Å². The van der Waals surface area contributed by atoms with Crippen LogP contribution in [0.5, 0.6) is 5.75 Å². The molecule has 2 aromatic rings. The van der Waals surface area contributed by atoms with E-state index in [1.54, 1.807) is 38.3 Å². The summed E-state index contributed by atoms with van der Waals surface area (Å²) in [7, 11) is 1.61. The number of hydrogen-bond acceptors (Lipinski definition) is 4. The first kappa shape index (κ1) is 19.8. The van der Waals surface area contributed by atoms with Gasteiger partial charge in [0.1, 0.15) is 5.75 Å².